The van der Waals surface area contributed by atoms with E-state index in [0.29, 0.717) is 17.4 Å². The lowest BCUT2D eigenvalue weighted by Gasteiger charge is -2.12. The third kappa shape index (κ3) is 1.80. The third-order valence-corrected chi connectivity index (χ3v) is 3.38. The Kier molecular flexibility index (Phi) is 2.88. The van der Waals surface area contributed by atoms with Gasteiger partial charge in [0.2, 0.25) is 0 Å². The Hall–Kier alpha value is -2.81. The fraction of sp³-hybridized carbons (Fsp3) is 0. The zero-order valence-corrected chi connectivity index (χ0v) is 10.6. The molecule has 3 heteroatoms. The SMILES string of the molecule is O=Cc1c(O)cccc1-c1c(O)ccc2ccccc12. The highest BCUT2D eigenvalue weighted by atomic mass is 16.3. The molecule has 0 radical (unpaired) electrons. The van der Waals surface area contributed by atoms with Gasteiger partial charge < -0.3 is 10.2 Å². The molecule has 0 aliphatic carbocycles. The van der Waals surface area contributed by atoms with Gasteiger partial charge >= 0.3 is 0 Å². The van der Waals surface area contributed by atoms with Crippen molar-refractivity contribution in [1.82, 2.24) is 0 Å². The van der Waals surface area contributed by atoms with Crippen LogP contribution < -0.4 is 0 Å². The predicted octanol–water partition coefficient (Wildman–Crippen LogP) is 3.73. The maximum atomic E-state index is 11.2. The highest BCUT2D eigenvalue weighted by Crippen LogP contribution is 2.39. The van der Waals surface area contributed by atoms with E-state index >= 15 is 0 Å². The van der Waals surface area contributed by atoms with Gasteiger partial charge in [0.05, 0.1) is 5.56 Å². The molecule has 3 aromatic carbocycles. The maximum Gasteiger partial charge on any atom is 0.154 e. The average molecular weight is 264 g/mol. The highest BCUT2D eigenvalue weighted by molar-refractivity contribution is 6.04. The second kappa shape index (κ2) is 4.70. The van der Waals surface area contributed by atoms with Crippen molar-refractivity contribution in [1.29, 1.82) is 0 Å². The lowest BCUT2D eigenvalue weighted by atomic mass is 9.94. The molecule has 0 unspecified atom stereocenters. The molecule has 2 N–H and O–H groups in total. The summed E-state index contributed by atoms with van der Waals surface area (Å²) < 4.78 is 0. The number of aldehydes is 1. The summed E-state index contributed by atoms with van der Waals surface area (Å²) in [5.41, 5.74) is 1.26. The molecule has 3 aromatic rings. The van der Waals surface area contributed by atoms with Crippen LogP contribution in [-0.2, 0) is 0 Å². The Labute approximate surface area is 115 Å². The molecular formula is C17H12O3. The normalized spacial score (nSPS) is 10.6. The number of hydrogen-bond donors (Lipinski definition) is 2. The van der Waals surface area contributed by atoms with Crippen LogP contribution in [0.25, 0.3) is 21.9 Å². The summed E-state index contributed by atoms with van der Waals surface area (Å²) in [5, 5.41) is 21.8. The van der Waals surface area contributed by atoms with E-state index in [0.717, 1.165) is 10.8 Å². The Morgan fingerprint density at radius 1 is 0.800 bits per heavy atom. The van der Waals surface area contributed by atoms with Crippen LogP contribution in [0.3, 0.4) is 0 Å². The van der Waals surface area contributed by atoms with Crippen molar-refractivity contribution in [2.45, 2.75) is 0 Å². The van der Waals surface area contributed by atoms with Gasteiger partial charge in [-0.05, 0) is 22.9 Å². The van der Waals surface area contributed by atoms with Gasteiger partial charge in [0, 0.05) is 11.1 Å². The molecule has 98 valence electrons. The second-order valence-electron chi connectivity index (χ2n) is 4.54. The largest absolute Gasteiger partial charge is 0.507 e. The lowest BCUT2D eigenvalue weighted by Crippen LogP contribution is -1.90. The molecule has 0 aromatic heterocycles. The van der Waals surface area contributed by atoms with Crippen molar-refractivity contribution in [2.24, 2.45) is 0 Å². The van der Waals surface area contributed by atoms with Crippen molar-refractivity contribution >= 4 is 17.1 Å². The Morgan fingerprint density at radius 3 is 2.40 bits per heavy atom. The van der Waals surface area contributed by atoms with Crippen LogP contribution >= 0.6 is 0 Å². The van der Waals surface area contributed by atoms with Crippen molar-refractivity contribution in [3.8, 4) is 22.6 Å². The monoisotopic (exact) mass is 264 g/mol. The second-order valence-corrected chi connectivity index (χ2v) is 4.54. The topological polar surface area (TPSA) is 57.5 Å². The molecule has 20 heavy (non-hydrogen) atoms. The number of hydrogen-bond acceptors (Lipinski definition) is 3. The van der Waals surface area contributed by atoms with E-state index in [1.165, 1.54) is 6.07 Å². The highest BCUT2D eigenvalue weighted by Gasteiger charge is 2.15. The van der Waals surface area contributed by atoms with Gasteiger partial charge in [0.15, 0.2) is 6.29 Å². The van der Waals surface area contributed by atoms with Crippen molar-refractivity contribution < 1.29 is 15.0 Å². The molecule has 0 aliphatic heterocycles. The van der Waals surface area contributed by atoms with Crippen LogP contribution in [0.2, 0.25) is 0 Å². The Morgan fingerprint density at radius 2 is 1.60 bits per heavy atom. The number of phenolic OH excluding ortho intramolecular Hbond substituents is 2. The number of fused-ring (bicyclic) bond motifs is 1. The van der Waals surface area contributed by atoms with Crippen molar-refractivity contribution in [3.63, 3.8) is 0 Å². The van der Waals surface area contributed by atoms with Crippen molar-refractivity contribution in [2.75, 3.05) is 0 Å². The number of carbonyl (C=O) groups excluding carboxylic acids is 1. The standard InChI is InChI=1S/C17H12O3/c18-10-14-13(6-3-7-15(14)19)17-12-5-2-1-4-11(12)8-9-16(17)20/h1-10,19-20H. The number of phenols is 2. The molecular weight excluding hydrogens is 252 g/mol. The quantitative estimate of drug-likeness (QED) is 0.693. The Bertz CT molecular complexity index is 806. The summed E-state index contributed by atoms with van der Waals surface area (Å²) >= 11 is 0. The van der Waals surface area contributed by atoms with Gasteiger partial charge in [-0.25, -0.2) is 0 Å². The van der Waals surface area contributed by atoms with E-state index < -0.39 is 0 Å². The molecule has 0 aliphatic rings. The molecule has 0 amide bonds. The summed E-state index contributed by atoms with van der Waals surface area (Å²) in [5.74, 6) is -0.0118. The first-order valence-electron chi connectivity index (χ1n) is 6.20. The molecule has 0 atom stereocenters. The van der Waals surface area contributed by atoms with E-state index in [-0.39, 0.29) is 17.1 Å². The number of carbonyl (C=O) groups is 1. The first-order chi connectivity index (χ1) is 9.72. The fourth-order valence-corrected chi connectivity index (χ4v) is 2.44. The van der Waals surface area contributed by atoms with Crippen LogP contribution in [0, 0.1) is 0 Å². The van der Waals surface area contributed by atoms with Crippen LogP contribution in [0.5, 0.6) is 11.5 Å². The summed E-state index contributed by atoms with van der Waals surface area (Å²) in [7, 11) is 0. The van der Waals surface area contributed by atoms with Crippen LogP contribution in [0.15, 0.2) is 54.6 Å². The summed E-state index contributed by atoms with van der Waals surface area (Å²) in [4.78, 5) is 11.2. The first-order valence-corrected chi connectivity index (χ1v) is 6.20. The van der Waals surface area contributed by atoms with Gasteiger partial charge in [-0.2, -0.15) is 0 Å². The van der Waals surface area contributed by atoms with Gasteiger partial charge in [0.25, 0.3) is 0 Å². The van der Waals surface area contributed by atoms with E-state index in [1.807, 2.05) is 30.3 Å². The summed E-state index contributed by atoms with van der Waals surface area (Å²) in [6.45, 7) is 0. The molecule has 0 saturated carbocycles. The van der Waals surface area contributed by atoms with Gasteiger partial charge in [-0.1, -0.05) is 42.5 Å². The zero-order chi connectivity index (χ0) is 14.1. The van der Waals surface area contributed by atoms with E-state index in [4.69, 9.17) is 0 Å². The summed E-state index contributed by atoms with van der Waals surface area (Å²) in [6.07, 6.45) is 0.603. The van der Waals surface area contributed by atoms with E-state index in [2.05, 4.69) is 0 Å². The van der Waals surface area contributed by atoms with Gasteiger partial charge in [0.1, 0.15) is 11.5 Å². The number of rotatable bonds is 2. The fourth-order valence-electron chi connectivity index (χ4n) is 2.44. The molecule has 0 saturated heterocycles. The minimum atomic E-state index is -0.0927. The predicted molar refractivity (Wildman–Crippen MR) is 78.1 cm³/mol. The number of aromatic hydroxyl groups is 2. The van der Waals surface area contributed by atoms with Gasteiger partial charge in [-0.15, -0.1) is 0 Å². The third-order valence-electron chi connectivity index (χ3n) is 3.38. The van der Waals surface area contributed by atoms with Gasteiger partial charge in [-0.3, -0.25) is 4.79 Å². The minimum Gasteiger partial charge on any atom is -0.507 e. The lowest BCUT2D eigenvalue weighted by molar-refractivity contribution is 0.112. The number of benzene rings is 3. The molecule has 3 nitrogen and oxygen atoms in total. The zero-order valence-electron chi connectivity index (χ0n) is 10.6. The molecule has 0 bridgehead atoms. The van der Waals surface area contributed by atoms with E-state index in [1.54, 1.807) is 18.2 Å². The first kappa shape index (κ1) is 12.2. The smallest absolute Gasteiger partial charge is 0.154 e. The van der Waals surface area contributed by atoms with Crippen LogP contribution in [0.4, 0.5) is 0 Å². The van der Waals surface area contributed by atoms with Crippen LogP contribution in [-0.4, -0.2) is 16.5 Å². The molecule has 0 heterocycles. The molecule has 0 spiro atoms. The average Bonchev–Trinajstić information content (AvgIpc) is 2.47. The Balaban J connectivity index is 2.43. The van der Waals surface area contributed by atoms with Crippen molar-refractivity contribution in [3.05, 3.63) is 60.2 Å². The molecule has 3 rings (SSSR count). The van der Waals surface area contributed by atoms with Crippen LogP contribution in [0.1, 0.15) is 10.4 Å². The molecule has 0 fully saturated rings. The van der Waals surface area contributed by atoms with E-state index in [9.17, 15) is 15.0 Å². The maximum absolute atomic E-state index is 11.2. The summed E-state index contributed by atoms with van der Waals surface area (Å²) in [6, 6.07) is 15.8. The minimum absolute atomic E-state index is 0.0809.